The zero-order valence-electron chi connectivity index (χ0n) is 12.2. The maximum absolute atomic E-state index is 10.8. The summed E-state index contributed by atoms with van der Waals surface area (Å²) >= 11 is 0. The highest BCUT2D eigenvalue weighted by Gasteiger charge is 2.59. The van der Waals surface area contributed by atoms with Crippen molar-refractivity contribution >= 4 is 5.84 Å². The number of hydrogen-bond acceptors (Lipinski definition) is 3. The molecule has 0 radical (unpaired) electrons. The van der Waals surface area contributed by atoms with Crippen molar-refractivity contribution in [2.45, 2.75) is 58.0 Å². The standard InChI is InChI=1S/C16H26N2O/c1-14(2)9-17-13(18-10-14)15-4-11-3-12(5-15)7-16(19,6-11)8-15/h11-12,19H,3-10H2,1-2H3,(H,17,18)/t11-,12+,15?,16?. The number of rotatable bonds is 1. The van der Waals surface area contributed by atoms with E-state index in [0.717, 1.165) is 44.2 Å². The van der Waals surface area contributed by atoms with Gasteiger partial charge in [-0.1, -0.05) is 13.8 Å². The molecule has 0 amide bonds. The molecule has 4 fully saturated rings. The van der Waals surface area contributed by atoms with E-state index in [2.05, 4.69) is 19.2 Å². The van der Waals surface area contributed by atoms with Gasteiger partial charge in [0.1, 0.15) is 5.84 Å². The summed E-state index contributed by atoms with van der Waals surface area (Å²) in [5.41, 5.74) is 0.0965. The number of nitrogens with zero attached hydrogens (tertiary/aromatic N) is 1. The topological polar surface area (TPSA) is 44.6 Å². The normalized spacial score (nSPS) is 50.8. The van der Waals surface area contributed by atoms with Gasteiger partial charge in [-0.25, -0.2) is 0 Å². The Kier molecular flexibility index (Phi) is 2.27. The molecule has 2 unspecified atom stereocenters. The summed E-state index contributed by atoms with van der Waals surface area (Å²) in [6.07, 6.45) is 6.92. The molecule has 3 nitrogen and oxygen atoms in total. The Morgan fingerprint density at radius 3 is 2.37 bits per heavy atom. The SMILES string of the molecule is CC1(C)CN=C(C23C[C@@H]4C[C@@H](CC(O)(C4)C2)C3)NC1. The van der Waals surface area contributed by atoms with Crippen LogP contribution in [0.2, 0.25) is 0 Å². The van der Waals surface area contributed by atoms with Crippen molar-refractivity contribution in [3.8, 4) is 0 Å². The largest absolute Gasteiger partial charge is 0.390 e. The zero-order valence-corrected chi connectivity index (χ0v) is 12.2. The molecule has 19 heavy (non-hydrogen) atoms. The van der Waals surface area contributed by atoms with Gasteiger partial charge in [0.15, 0.2) is 0 Å². The zero-order chi connectivity index (χ0) is 13.3. The van der Waals surface area contributed by atoms with Crippen molar-refractivity contribution < 1.29 is 5.11 Å². The Labute approximate surface area is 115 Å². The van der Waals surface area contributed by atoms with Crippen LogP contribution in [-0.2, 0) is 0 Å². The third kappa shape index (κ3) is 1.84. The molecule has 0 aromatic heterocycles. The molecule has 1 heterocycles. The molecule has 4 saturated carbocycles. The summed E-state index contributed by atoms with van der Waals surface area (Å²) in [7, 11) is 0. The second-order valence-electron chi connectivity index (χ2n) is 8.65. The van der Waals surface area contributed by atoms with E-state index in [-0.39, 0.29) is 16.4 Å². The van der Waals surface area contributed by atoms with Gasteiger partial charge in [-0.05, 0) is 50.4 Å². The molecule has 2 N–H and O–H groups in total. The van der Waals surface area contributed by atoms with E-state index in [4.69, 9.17) is 4.99 Å². The fourth-order valence-electron chi connectivity index (χ4n) is 5.57. The second kappa shape index (κ2) is 3.55. The summed E-state index contributed by atoms with van der Waals surface area (Å²) < 4.78 is 0. The Morgan fingerprint density at radius 2 is 1.84 bits per heavy atom. The van der Waals surface area contributed by atoms with Gasteiger partial charge in [0.05, 0.1) is 5.60 Å². The Hall–Kier alpha value is -0.570. The van der Waals surface area contributed by atoms with Gasteiger partial charge in [0.25, 0.3) is 0 Å². The molecule has 4 atom stereocenters. The van der Waals surface area contributed by atoms with Crippen LogP contribution in [-0.4, -0.2) is 29.6 Å². The highest BCUT2D eigenvalue weighted by atomic mass is 16.3. The summed E-state index contributed by atoms with van der Waals surface area (Å²) in [5, 5.41) is 14.4. The summed E-state index contributed by atoms with van der Waals surface area (Å²) in [6, 6.07) is 0. The average molecular weight is 262 g/mol. The van der Waals surface area contributed by atoms with Gasteiger partial charge in [0.2, 0.25) is 0 Å². The molecule has 4 aliphatic carbocycles. The molecular formula is C16H26N2O. The first-order valence-electron chi connectivity index (χ1n) is 7.89. The van der Waals surface area contributed by atoms with Crippen LogP contribution >= 0.6 is 0 Å². The molecule has 0 aromatic carbocycles. The molecule has 106 valence electrons. The fraction of sp³-hybridized carbons (Fsp3) is 0.938. The quantitative estimate of drug-likeness (QED) is 0.762. The maximum Gasteiger partial charge on any atom is 0.103 e. The second-order valence-corrected chi connectivity index (χ2v) is 8.65. The molecule has 5 rings (SSSR count). The van der Waals surface area contributed by atoms with E-state index in [9.17, 15) is 5.11 Å². The minimum absolute atomic E-state index is 0.190. The van der Waals surface area contributed by atoms with Gasteiger partial charge >= 0.3 is 0 Å². The Morgan fingerprint density at radius 1 is 1.16 bits per heavy atom. The first-order valence-corrected chi connectivity index (χ1v) is 7.89. The molecule has 0 saturated heterocycles. The number of hydrogen-bond donors (Lipinski definition) is 2. The molecule has 3 heteroatoms. The highest BCUT2D eigenvalue weighted by Crippen LogP contribution is 2.62. The van der Waals surface area contributed by atoms with Crippen molar-refractivity contribution in [3.05, 3.63) is 0 Å². The first kappa shape index (κ1) is 12.2. The van der Waals surface area contributed by atoms with E-state index in [1.54, 1.807) is 0 Å². The lowest BCUT2D eigenvalue weighted by Gasteiger charge is -2.60. The van der Waals surface area contributed by atoms with Crippen LogP contribution in [0.15, 0.2) is 4.99 Å². The van der Waals surface area contributed by atoms with E-state index >= 15 is 0 Å². The van der Waals surface area contributed by atoms with Crippen molar-refractivity contribution in [2.24, 2.45) is 27.7 Å². The highest BCUT2D eigenvalue weighted by molar-refractivity contribution is 5.89. The molecule has 4 bridgehead atoms. The maximum atomic E-state index is 10.8. The Bertz CT molecular complexity index is 426. The molecule has 1 aliphatic heterocycles. The van der Waals surface area contributed by atoms with Crippen LogP contribution < -0.4 is 5.32 Å². The minimum atomic E-state index is -0.374. The summed E-state index contributed by atoms with van der Waals surface area (Å²) in [6.45, 7) is 6.51. The average Bonchev–Trinajstić information content (AvgIpc) is 2.24. The molecular weight excluding hydrogens is 236 g/mol. The van der Waals surface area contributed by atoms with Crippen molar-refractivity contribution in [3.63, 3.8) is 0 Å². The number of nitrogens with one attached hydrogen (secondary N) is 1. The van der Waals surface area contributed by atoms with E-state index in [1.807, 2.05) is 0 Å². The van der Waals surface area contributed by atoms with Gasteiger partial charge in [-0.3, -0.25) is 4.99 Å². The van der Waals surface area contributed by atoms with Gasteiger partial charge in [0, 0.05) is 23.9 Å². The van der Waals surface area contributed by atoms with Crippen molar-refractivity contribution in [2.75, 3.05) is 13.1 Å². The van der Waals surface area contributed by atoms with Gasteiger partial charge in [-0.15, -0.1) is 0 Å². The van der Waals surface area contributed by atoms with Crippen LogP contribution in [0.25, 0.3) is 0 Å². The van der Waals surface area contributed by atoms with Crippen LogP contribution in [0.5, 0.6) is 0 Å². The van der Waals surface area contributed by atoms with Crippen LogP contribution in [0, 0.1) is 22.7 Å². The van der Waals surface area contributed by atoms with E-state index in [1.165, 1.54) is 25.1 Å². The number of amidine groups is 1. The lowest BCUT2D eigenvalue weighted by molar-refractivity contribution is -0.142. The van der Waals surface area contributed by atoms with Gasteiger partial charge < -0.3 is 10.4 Å². The predicted molar refractivity (Wildman–Crippen MR) is 76.2 cm³/mol. The number of aliphatic imine (C=N–C) groups is 1. The van der Waals surface area contributed by atoms with Crippen molar-refractivity contribution in [1.82, 2.24) is 5.32 Å². The molecule has 5 aliphatic rings. The molecule has 0 spiro atoms. The van der Waals surface area contributed by atoms with Crippen molar-refractivity contribution in [1.29, 1.82) is 0 Å². The predicted octanol–water partition coefficient (Wildman–Crippen LogP) is 2.35. The van der Waals surface area contributed by atoms with Gasteiger partial charge in [-0.2, -0.15) is 0 Å². The van der Waals surface area contributed by atoms with E-state index in [0.29, 0.717) is 0 Å². The fourth-order valence-corrected chi connectivity index (χ4v) is 5.57. The lowest BCUT2D eigenvalue weighted by Crippen LogP contribution is -2.61. The number of aliphatic hydroxyl groups is 1. The summed E-state index contributed by atoms with van der Waals surface area (Å²) in [4.78, 5) is 4.90. The van der Waals surface area contributed by atoms with Crippen LogP contribution in [0.3, 0.4) is 0 Å². The third-order valence-corrected chi connectivity index (χ3v) is 5.93. The summed E-state index contributed by atoms with van der Waals surface area (Å²) in [5.74, 6) is 2.72. The van der Waals surface area contributed by atoms with E-state index < -0.39 is 0 Å². The monoisotopic (exact) mass is 262 g/mol. The lowest BCUT2D eigenvalue weighted by atomic mass is 9.47. The smallest absolute Gasteiger partial charge is 0.103 e. The van der Waals surface area contributed by atoms with Crippen LogP contribution in [0.4, 0.5) is 0 Å². The first-order chi connectivity index (χ1) is 8.88. The Balaban J connectivity index is 1.66. The molecule has 0 aromatic rings. The van der Waals surface area contributed by atoms with Crippen LogP contribution in [0.1, 0.15) is 52.4 Å². The third-order valence-electron chi connectivity index (χ3n) is 5.93. The minimum Gasteiger partial charge on any atom is -0.390 e.